The van der Waals surface area contributed by atoms with E-state index in [0.717, 1.165) is 16.7 Å². The molecule has 2 rings (SSSR count). The lowest BCUT2D eigenvalue weighted by Crippen LogP contribution is -2.03. The molecule has 0 spiro atoms. The summed E-state index contributed by atoms with van der Waals surface area (Å²) in [5, 5.41) is 19.0. The van der Waals surface area contributed by atoms with Crippen molar-refractivity contribution in [3.63, 3.8) is 0 Å². The lowest BCUT2D eigenvalue weighted by molar-refractivity contribution is 0.0684. The molecule has 2 aromatic rings. The second kappa shape index (κ2) is 4.13. The van der Waals surface area contributed by atoms with Gasteiger partial charge in [-0.15, -0.1) is 11.3 Å². The maximum atomic E-state index is 11.2. The first-order chi connectivity index (χ1) is 8.34. The largest absolute Gasteiger partial charge is 0.477 e. The molecule has 6 heteroatoms. The molecular weight excluding hydrogens is 254 g/mol. The summed E-state index contributed by atoms with van der Waals surface area (Å²) < 4.78 is 0. The summed E-state index contributed by atoms with van der Waals surface area (Å²) in [5.74, 6) is -1.98. The molecule has 0 unspecified atom stereocenters. The summed E-state index contributed by atoms with van der Waals surface area (Å²) in [5.41, 5.74) is 1.47. The number of carboxylic acid groups (broad SMARTS) is 2. The van der Waals surface area contributed by atoms with Gasteiger partial charge < -0.3 is 15.2 Å². The zero-order valence-corrected chi connectivity index (χ0v) is 11.0. The van der Waals surface area contributed by atoms with Gasteiger partial charge in [0.15, 0.2) is 0 Å². The van der Waals surface area contributed by atoms with E-state index < -0.39 is 11.9 Å². The van der Waals surface area contributed by atoms with Crippen LogP contribution in [0.15, 0.2) is 0 Å². The van der Waals surface area contributed by atoms with Gasteiger partial charge in [0.1, 0.15) is 15.4 Å². The average molecular weight is 267 g/mol. The van der Waals surface area contributed by atoms with E-state index in [1.807, 2.05) is 13.8 Å². The molecule has 0 aliphatic carbocycles. The van der Waals surface area contributed by atoms with E-state index in [2.05, 4.69) is 4.98 Å². The maximum Gasteiger partial charge on any atom is 0.352 e. The lowest BCUT2D eigenvalue weighted by Gasteiger charge is -2.05. The molecule has 0 aliphatic heterocycles. The minimum atomic E-state index is -1.02. The van der Waals surface area contributed by atoms with Gasteiger partial charge in [0.05, 0.1) is 0 Å². The predicted octanol–water partition coefficient (Wildman–Crippen LogP) is 3.06. The van der Waals surface area contributed by atoms with Gasteiger partial charge in [0, 0.05) is 5.39 Å². The van der Waals surface area contributed by atoms with Crippen molar-refractivity contribution in [1.82, 2.24) is 4.98 Å². The van der Waals surface area contributed by atoms with Crippen LogP contribution in [0.1, 0.15) is 51.1 Å². The van der Waals surface area contributed by atoms with Gasteiger partial charge in [0.25, 0.3) is 0 Å². The van der Waals surface area contributed by atoms with Crippen LogP contribution in [-0.4, -0.2) is 27.1 Å². The topological polar surface area (TPSA) is 90.4 Å². The Balaban J connectivity index is 2.84. The molecule has 96 valence electrons. The number of hydrogen-bond donors (Lipinski definition) is 3. The molecule has 0 radical (unpaired) electrons. The second-order valence-corrected chi connectivity index (χ2v) is 5.46. The fraction of sp³-hybridized carbons (Fsp3) is 0.333. The molecule has 0 fully saturated rings. The van der Waals surface area contributed by atoms with Crippen molar-refractivity contribution in [2.75, 3.05) is 0 Å². The minimum Gasteiger partial charge on any atom is -0.477 e. The Morgan fingerprint density at radius 3 is 2.28 bits per heavy atom. The van der Waals surface area contributed by atoms with E-state index in [0.29, 0.717) is 16.0 Å². The molecule has 0 amide bonds. The van der Waals surface area contributed by atoms with Crippen LogP contribution >= 0.6 is 11.3 Å². The highest BCUT2D eigenvalue weighted by molar-refractivity contribution is 7.20. The Labute approximate surface area is 107 Å². The molecule has 0 bridgehead atoms. The van der Waals surface area contributed by atoms with E-state index in [9.17, 15) is 9.59 Å². The molecule has 0 aliphatic rings. The molecule has 0 saturated heterocycles. The Morgan fingerprint density at radius 1 is 1.22 bits per heavy atom. The number of carboxylic acids is 2. The number of hydrogen-bond acceptors (Lipinski definition) is 3. The van der Waals surface area contributed by atoms with Crippen molar-refractivity contribution in [3.05, 3.63) is 21.7 Å². The number of H-pyrrole nitrogens is 1. The SMILES string of the molecule is Cc1c(C(=O)O)sc2[nH]c(C(=O)O)c(C(C)C)c12. The number of aryl methyl sites for hydroxylation is 1. The number of rotatable bonds is 3. The molecule has 3 N–H and O–H groups in total. The van der Waals surface area contributed by atoms with Gasteiger partial charge >= 0.3 is 11.9 Å². The van der Waals surface area contributed by atoms with Gasteiger partial charge in [0.2, 0.25) is 0 Å². The average Bonchev–Trinajstić information content (AvgIpc) is 2.75. The van der Waals surface area contributed by atoms with Crippen LogP contribution in [0.3, 0.4) is 0 Å². The molecule has 5 nitrogen and oxygen atoms in total. The minimum absolute atomic E-state index is 0.0137. The maximum absolute atomic E-state index is 11.2. The molecule has 18 heavy (non-hydrogen) atoms. The van der Waals surface area contributed by atoms with Gasteiger partial charge in [-0.25, -0.2) is 9.59 Å². The summed E-state index contributed by atoms with van der Waals surface area (Å²) >= 11 is 1.08. The highest BCUT2D eigenvalue weighted by Crippen LogP contribution is 2.38. The van der Waals surface area contributed by atoms with Crippen LogP contribution in [-0.2, 0) is 0 Å². The smallest absolute Gasteiger partial charge is 0.352 e. The molecule has 2 heterocycles. The van der Waals surface area contributed by atoms with Crippen LogP contribution in [0.5, 0.6) is 0 Å². The molecular formula is C12H13NO4S. The zero-order chi connectivity index (χ0) is 13.6. The van der Waals surface area contributed by atoms with Crippen molar-refractivity contribution in [2.24, 2.45) is 0 Å². The van der Waals surface area contributed by atoms with Crippen molar-refractivity contribution in [3.8, 4) is 0 Å². The molecule has 0 saturated carbocycles. The summed E-state index contributed by atoms with van der Waals surface area (Å²) in [6, 6.07) is 0. The highest BCUT2D eigenvalue weighted by atomic mass is 32.1. The van der Waals surface area contributed by atoms with Crippen LogP contribution in [0.25, 0.3) is 10.2 Å². The van der Waals surface area contributed by atoms with Crippen molar-refractivity contribution < 1.29 is 19.8 Å². The number of aromatic nitrogens is 1. The third-order valence-electron chi connectivity index (χ3n) is 2.91. The standard InChI is InChI=1S/C12H13NO4S/c1-4(2)6-7-5(3)9(12(16)17)18-10(7)13-8(6)11(14)15/h4,13H,1-3H3,(H,14,15)(H,16,17). The predicted molar refractivity (Wildman–Crippen MR) is 68.9 cm³/mol. The number of aromatic carboxylic acids is 2. The summed E-state index contributed by atoms with van der Waals surface area (Å²) in [4.78, 5) is 25.9. The van der Waals surface area contributed by atoms with E-state index >= 15 is 0 Å². The summed E-state index contributed by atoms with van der Waals surface area (Å²) in [6.45, 7) is 5.51. The second-order valence-electron chi connectivity index (χ2n) is 4.44. The fourth-order valence-corrected chi connectivity index (χ4v) is 3.25. The third-order valence-corrected chi connectivity index (χ3v) is 4.10. The highest BCUT2D eigenvalue weighted by Gasteiger charge is 2.25. The number of nitrogens with one attached hydrogen (secondary N) is 1. The lowest BCUT2D eigenvalue weighted by atomic mass is 9.98. The molecule has 0 atom stereocenters. The van der Waals surface area contributed by atoms with Crippen LogP contribution < -0.4 is 0 Å². The quantitative estimate of drug-likeness (QED) is 0.797. The van der Waals surface area contributed by atoms with Crippen molar-refractivity contribution in [2.45, 2.75) is 26.7 Å². The van der Waals surface area contributed by atoms with Gasteiger partial charge in [-0.2, -0.15) is 0 Å². The van der Waals surface area contributed by atoms with E-state index in [1.54, 1.807) is 6.92 Å². The Bertz CT molecular complexity index is 651. The Morgan fingerprint density at radius 2 is 1.83 bits per heavy atom. The Kier molecular flexibility index (Phi) is 2.90. The van der Waals surface area contributed by atoms with Gasteiger partial charge in [-0.3, -0.25) is 0 Å². The van der Waals surface area contributed by atoms with E-state index in [4.69, 9.17) is 10.2 Å². The molecule has 0 aromatic carbocycles. The molecule has 2 aromatic heterocycles. The number of carbonyl (C=O) groups is 2. The van der Waals surface area contributed by atoms with Crippen LogP contribution in [0.2, 0.25) is 0 Å². The number of aromatic amines is 1. The van der Waals surface area contributed by atoms with E-state index in [-0.39, 0.29) is 16.5 Å². The van der Waals surface area contributed by atoms with Crippen molar-refractivity contribution in [1.29, 1.82) is 0 Å². The number of fused-ring (bicyclic) bond motifs is 1. The van der Waals surface area contributed by atoms with E-state index in [1.165, 1.54) is 0 Å². The first-order valence-corrected chi connectivity index (χ1v) is 6.27. The summed E-state index contributed by atoms with van der Waals surface area (Å²) in [6.07, 6.45) is 0. The first kappa shape index (κ1) is 12.6. The fourth-order valence-electron chi connectivity index (χ4n) is 2.18. The van der Waals surface area contributed by atoms with Crippen LogP contribution in [0, 0.1) is 6.92 Å². The van der Waals surface area contributed by atoms with Gasteiger partial charge in [-0.05, 0) is 24.0 Å². The summed E-state index contributed by atoms with van der Waals surface area (Å²) in [7, 11) is 0. The monoisotopic (exact) mass is 267 g/mol. The zero-order valence-electron chi connectivity index (χ0n) is 10.2. The Hall–Kier alpha value is -1.82. The van der Waals surface area contributed by atoms with Gasteiger partial charge in [-0.1, -0.05) is 13.8 Å². The van der Waals surface area contributed by atoms with Crippen LogP contribution in [0.4, 0.5) is 0 Å². The first-order valence-electron chi connectivity index (χ1n) is 5.46. The third kappa shape index (κ3) is 1.69. The van der Waals surface area contributed by atoms with Crippen molar-refractivity contribution >= 4 is 33.5 Å². The number of thiophene rings is 1. The normalized spacial score (nSPS) is 11.3.